The number of carbonyl (C=O) groups excluding carboxylic acids is 1. The van der Waals surface area contributed by atoms with Gasteiger partial charge in [-0.2, -0.15) is 0 Å². The Kier molecular flexibility index (Phi) is 4.07. The SMILES string of the molecule is C=CC(C)C1C(=O)C[C@H]2C3CC=C4CC(O)CCC4(C)[C@H]3CCC12C. The number of fused-ring (bicyclic) bond motifs is 5. The van der Waals surface area contributed by atoms with Gasteiger partial charge in [-0.05, 0) is 73.0 Å². The van der Waals surface area contributed by atoms with Crippen LogP contribution in [0.2, 0.25) is 0 Å². The number of aliphatic hydroxyl groups is 1. The lowest BCUT2D eigenvalue weighted by molar-refractivity contribution is -0.123. The van der Waals surface area contributed by atoms with Gasteiger partial charge in [-0.15, -0.1) is 6.58 Å². The Balaban J connectivity index is 1.68. The van der Waals surface area contributed by atoms with E-state index in [-0.39, 0.29) is 28.8 Å². The van der Waals surface area contributed by atoms with Crippen molar-refractivity contribution in [3.05, 3.63) is 24.3 Å². The van der Waals surface area contributed by atoms with Gasteiger partial charge in [0, 0.05) is 12.3 Å². The van der Waals surface area contributed by atoms with Gasteiger partial charge in [-0.1, -0.05) is 38.5 Å². The number of aliphatic hydroxyl groups excluding tert-OH is 1. The van der Waals surface area contributed by atoms with Crippen molar-refractivity contribution in [3.8, 4) is 0 Å². The van der Waals surface area contributed by atoms with Crippen LogP contribution in [0.5, 0.6) is 0 Å². The van der Waals surface area contributed by atoms with E-state index in [4.69, 9.17) is 0 Å². The van der Waals surface area contributed by atoms with Gasteiger partial charge in [0.25, 0.3) is 0 Å². The summed E-state index contributed by atoms with van der Waals surface area (Å²) >= 11 is 0. The van der Waals surface area contributed by atoms with Crippen molar-refractivity contribution in [3.63, 3.8) is 0 Å². The van der Waals surface area contributed by atoms with Gasteiger partial charge < -0.3 is 5.11 Å². The van der Waals surface area contributed by atoms with Crippen LogP contribution in [-0.2, 0) is 4.79 Å². The van der Waals surface area contributed by atoms with Crippen LogP contribution in [0.25, 0.3) is 0 Å². The first kappa shape index (κ1) is 17.5. The Morgan fingerprint density at radius 2 is 2.00 bits per heavy atom. The van der Waals surface area contributed by atoms with E-state index in [2.05, 4.69) is 33.4 Å². The number of Topliss-reactive ketones (excluding diaryl/α,β-unsaturated/α-hetero) is 1. The highest BCUT2D eigenvalue weighted by molar-refractivity contribution is 5.85. The molecule has 0 aromatic carbocycles. The Morgan fingerprint density at radius 1 is 1.24 bits per heavy atom. The maximum Gasteiger partial charge on any atom is 0.137 e. The van der Waals surface area contributed by atoms with Crippen LogP contribution in [0.1, 0.15) is 65.7 Å². The fourth-order valence-corrected chi connectivity index (χ4v) is 7.50. The van der Waals surface area contributed by atoms with Crippen molar-refractivity contribution in [2.24, 2.45) is 40.4 Å². The van der Waals surface area contributed by atoms with Crippen molar-refractivity contribution < 1.29 is 9.90 Å². The number of hydrogen-bond acceptors (Lipinski definition) is 2. The van der Waals surface area contributed by atoms with E-state index in [0.29, 0.717) is 23.5 Å². The average Bonchev–Trinajstić information content (AvgIpc) is 2.85. The molecule has 25 heavy (non-hydrogen) atoms. The molecule has 3 fully saturated rings. The predicted molar refractivity (Wildman–Crippen MR) is 101 cm³/mol. The lowest BCUT2D eigenvalue weighted by Crippen LogP contribution is -2.50. The second-order valence-electron chi connectivity index (χ2n) is 9.94. The molecule has 8 atom stereocenters. The third-order valence-corrected chi connectivity index (χ3v) is 8.89. The summed E-state index contributed by atoms with van der Waals surface area (Å²) in [6.07, 6.45) is 11.5. The number of hydrogen-bond donors (Lipinski definition) is 1. The van der Waals surface area contributed by atoms with Crippen LogP contribution >= 0.6 is 0 Å². The van der Waals surface area contributed by atoms with Crippen LogP contribution in [0.4, 0.5) is 0 Å². The Labute approximate surface area is 152 Å². The number of rotatable bonds is 2. The highest BCUT2D eigenvalue weighted by Crippen LogP contribution is 2.66. The van der Waals surface area contributed by atoms with Gasteiger partial charge in [-0.25, -0.2) is 0 Å². The van der Waals surface area contributed by atoms with Crippen LogP contribution in [0.15, 0.2) is 24.3 Å². The molecule has 2 heteroatoms. The molecule has 0 aromatic heterocycles. The summed E-state index contributed by atoms with van der Waals surface area (Å²) in [6, 6.07) is 0. The van der Waals surface area contributed by atoms with E-state index in [1.54, 1.807) is 0 Å². The van der Waals surface area contributed by atoms with Gasteiger partial charge in [0.15, 0.2) is 0 Å². The summed E-state index contributed by atoms with van der Waals surface area (Å²) in [5, 5.41) is 10.1. The summed E-state index contributed by atoms with van der Waals surface area (Å²) in [7, 11) is 0. The smallest absolute Gasteiger partial charge is 0.137 e. The highest BCUT2D eigenvalue weighted by Gasteiger charge is 2.61. The number of allylic oxidation sites excluding steroid dienone is 2. The maximum atomic E-state index is 12.9. The van der Waals surface area contributed by atoms with Gasteiger partial charge in [0.1, 0.15) is 5.78 Å². The Morgan fingerprint density at radius 3 is 2.72 bits per heavy atom. The monoisotopic (exact) mass is 342 g/mol. The van der Waals surface area contributed by atoms with E-state index in [0.717, 1.165) is 32.1 Å². The van der Waals surface area contributed by atoms with Crippen molar-refractivity contribution in [2.45, 2.75) is 71.8 Å². The summed E-state index contributed by atoms with van der Waals surface area (Å²) in [6.45, 7) is 11.0. The van der Waals surface area contributed by atoms with E-state index in [9.17, 15) is 9.90 Å². The molecule has 2 nitrogen and oxygen atoms in total. The quantitative estimate of drug-likeness (QED) is 0.723. The zero-order chi connectivity index (χ0) is 18.0. The minimum Gasteiger partial charge on any atom is -0.393 e. The van der Waals surface area contributed by atoms with Gasteiger partial charge in [-0.3, -0.25) is 4.79 Å². The maximum absolute atomic E-state index is 12.9. The molecule has 0 saturated heterocycles. The molecule has 0 aliphatic heterocycles. The predicted octanol–water partition coefficient (Wildman–Crippen LogP) is 4.93. The van der Waals surface area contributed by atoms with Crippen molar-refractivity contribution in [1.82, 2.24) is 0 Å². The second-order valence-corrected chi connectivity index (χ2v) is 9.94. The molecule has 0 spiro atoms. The molecule has 4 aliphatic carbocycles. The number of ketones is 1. The Hall–Kier alpha value is -0.890. The van der Waals surface area contributed by atoms with E-state index in [1.807, 2.05) is 6.08 Å². The molecule has 3 saturated carbocycles. The molecule has 138 valence electrons. The molecule has 0 heterocycles. The fourth-order valence-electron chi connectivity index (χ4n) is 7.50. The highest BCUT2D eigenvalue weighted by atomic mass is 16.3. The standard InChI is InChI=1S/C23H34O2/c1-5-14(2)21-20(25)13-19-17-7-6-15-12-16(24)8-10-22(15,3)18(17)9-11-23(19,21)4/h5-6,14,16-19,21,24H,1,7-13H2,2-4H3/t14?,16?,17?,18-,19-,21?,22?,23?/m0/s1. The largest absolute Gasteiger partial charge is 0.393 e. The summed E-state index contributed by atoms with van der Waals surface area (Å²) in [5.41, 5.74) is 1.92. The third-order valence-electron chi connectivity index (χ3n) is 8.89. The lowest BCUT2D eigenvalue weighted by atomic mass is 9.47. The minimum absolute atomic E-state index is 0.143. The van der Waals surface area contributed by atoms with Crippen LogP contribution in [-0.4, -0.2) is 17.0 Å². The van der Waals surface area contributed by atoms with Crippen LogP contribution < -0.4 is 0 Å². The zero-order valence-corrected chi connectivity index (χ0v) is 16.1. The topological polar surface area (TPSA) is 37.3 Å². The fraction of sp³-hybridized carbons (Fsp3) is 0.783. The first-order valence-corrected chi connectivity index (χ1v) is 10.3. The molecular formula is C23H34O2. The molecule has 0 amide bonds. The summed E-state index contributed by atoms with van der Waals surface area (Å²) in [4.78, 5) is 12.9. The first-order valence-electron chi connectivity index (χ1n) is 10.3. The molecule has 4 aliphatic rings. The Bertz CT molecular complexity index is 620. The zero-order valence-electron chi connectivity index (χ0n) is 16.1. The van der Waals surface area contributed by atoms with Gasteiger partial charge >= 0.3 is 0 Å². The molecule has 0 bridgehead atoms. The van der Waals surface area contributed by atoms with E-state index in [1.165, 1.54) is 18.4 Å². The normalized spacial score (nSPS) is 50.3. The minimum atomic E-state index is -0.143. The summed E-state index contributed by atoms with van der Waals surface area (Å²) in [5.74, 6) is 2.82. The van der Waals surface area contributed by atoms with Gasteiger partial charge in [0.2, 0.25) is 0 Å². The molecule has 0 aromatic rings. The molecular weight excluding hydrogens is 308 g/mol. The summed E-state index contributed by atoms with van der Waals surface area (Å²) < 4.78 is 0. The van der Waals surface area contributed by atoms with Crippen molar-refractivity contribution >= 4 is 5.78 Å². The van der Waals surface area contributed by atoms with Crippen LogP contribution in [0.3, 0.4) is 0 Å². The van der Waals surface area contributed by atoms with E-state index < -0.39 is 0 Å². The van der Waals surface area contributed by atoms with Crippen molar-refractivity contribution in [1.29, 1.82) is 0 Å². The number of carbonyl (C=O) groups is 1. The lowest BCUT2D eigenvalue weighted by Gasteiger charge is -2.58. The molecule has 0 radical (unpaired) electrons. The second kappa shape index (κ2) is 5.81. The molecule has 6 unspecified atom stereocenters. The third kappa shape index (κ3) is 2.36. The van der Waals surface area contributed by atoms with E-state index >= 15 is 0 Å². The molecule has 4 rings (SSSR count). The van der Waals surface area contributed by atoms with Gasteiger partial charge in [0.05, 0.1) is 6.10 Å². The van der Waals surface area contributed by atoms with Crippen molar-refractivity contribution in [2.75, 3.05) is 0 Å². The average molecular weight is 343 g/mol. The molecule has 1 N–H and O–H groups in total. The first-order chi connectivity index (χ1) is 11.8. The van der Waals surface area contributed by atoms with Crippen LogP contribution in [0, 0.1) is 40.4 Å².